The molecule has 2 amide bonds. The number of carbonyl (C=O) groups excluding carboxylic acids is 2. The van der Waals surface area contributed by atoms with Gasteiger partial charge in [-0.3, -0.25) is 9.59 Å². The maximum Gasteiger partial charge on any atom is 0.229 e. The molecule has 0 saturated carbocycles. The van der Waals surface area contributed by atoms with Crippen LogP contribution in [0.5, 0.6) is 5.75 Å². The minimum Gasteiger partial charge on any atom is -0.495 e. The second-order valence-corrected chi connectivity index (χ2v) is 6.30. The van der Waals surface area contributed by atoms with Crippen molar-refractivity contribution in [3.63, 3.8) is 0 Å². The topological polar surface area (TPSA) is 58.6 Å². The largest absolute Gasteiger partial charge is 0.495 e. The zero-order valence-corrected chi connectivity index (χ0v) is 14.8. The summed E-state index contributed by atoms with van der Waals surface area (Å²) in [6, 6.07) is 12.7. The summed E-state index contributed by atoms with van der Waals surface area (Å²) >= 11 is 0. The van der Waals surface area contributed by atoms with Gasteiger partial charge in [0.25, 0.3) is 0 Å². The van der Waals surface area contributed by atoms with Crippen LogP contribution in [0, 0.1) is 25.2 Å². The van der Waals surface area contributed by atoms with Crippen molar-refractivity contribution >= 4 is 23.2 Å². The van der Waals surface area contributed by atoms with Crippen molar-refractivity contribution in [3.8, 4) is 18.1 Å². The molecule has 1 unspecified atom stereocenters. The van der Waals surface area contributed by atoms with E-state index in [-0.39, 0.29) is 18.2 Å². The average Bonchev–Trinajstić information content (AvgIpc) is 3.03. The summed E-state index contributed by atoms with van der Waals surface area (Å²) in [6.07, 6.45) is 5.55. The van der Waals surface area contributed by atoms with Gasteiger partial charge in [0.2, 0.25) is 11.8 Å². The number of carbonyl (C=O) groups is 2. The number of anilines is 2. The quantitative estimate of drug-likeness (QED) is 0.864. The maximum atomic E-state index is 12.6. The van der Waals surface area contributed by atoms with Crippen molar-refractivity contribution in [2.45, 2.75) is 13.3 Å². The maximum absolute atomic E-state index is 12.6. The molecule has 2 aromatic rings. The van der Waals surface area contributed by atoms with Crippen LogP contribution in [-0.2, 0) is 9.59 Å². The van der Waals surface area contributed by atoms with Crippen LogP contribution < -0.4 is 15.0 Å². The first-order valence-corrected chi connectivity index (χ1v) is 8.34. The summed E-state index contributed by atoms with van der Waals surface area (Å²) in [7, 11) is 1.57. The van der Waals surface area contributed by atoms with Gasteiger partial charge in [0, 0.05) is 24.2 Å². The number of benzene rings is 2. The zero-order chi connectivity index (χ0) is 18.7. The molecule has 3 rings (SSSR count). The summed E-state index contributed by atoms with van der Waals surface area (Å²) in [6.45, 7) is 2.27. The van der Waals surface area contributed by atoms with Crippen LogP contribution in [0.15, 0.2) is 42.5 Å². The first-order valence-electron chi connectivity index (χ1n) is 8.34. The molecule has 132 valence electrons. The van der Waals surface area contributed by atoms with E-state index in [1.54, 1.807) is 36.3 Å². The molecule has 26 heavy (non-hydrogen) atoms. The standard InChI is InChI=1S/C21H20N2O3/c1-4-15-6-5-7-17(11-15)22-21(25)16-12-20(24)23(13-16)18-10-14(2)8-9-19(18)26-3/h1,5-11,16H,12-13H2,2-3H3,(H,22,25). The summed E-state index contributed by atoms with van der Waals surface area (Å²) in [5.41, 5.74) is 3.04. The van der Waals surface area contributed by atoms with Gasteiger partial charge in [-0.05, 0) is 42.8 Å². The Labute approximate surface area is 153 Å². The molecule has 5 nitrogen and oxygen atoms in total. The van der Waals surface area contributed by atoms with Crippen LogP contribution in [0.25, 0.3) is 0 Å². The molecule has 1 saturated heterocycles. The molecule has 1 aliphatic heterocycles. The van der Waals surface area contributed by atoms with E-state index in [1.165, 1.54) is 0 Å². The predicted molar refractivity (Wildman–Crippen MR) is 101 cm³/mol. The Bertz CT molecular complexity index is 898. The van der Waals surface area contributed by atoms with E-state index in [0.717, 1.165) is 5.56 Å². The smallest absolute Gasteiger partial charge is 0.229 e. The fourth-order valence-corrected chi connectivity index (χ4v) is 3.06. The predicted octanol–water partition coefficient (Wildman–Crippen LogP) is 2.98. The first kappa shape index (κ1) is 17.6. The lowest BCUT2D eigenvalue weighted by Crippen LogP contribution is -2.28. The second kappa shape index (κ2) is 7.32. The Morgan fingerprint density at radius 1 is 1.31 bits per heavy atom. The van der Waals surface area contributed by atoms with Crippen molar-refractivity contribution < 1.29 is 14.3 Å². The number of nitrogens with zero attached hydrogens (tertiary/aromatic N) is 1. The van der Waals surface area contributed by atoms with Crippen LogP contribution in [-0.4, -0.2) is 25.5 Å². The summed E-state index contributed by atoms with van der Waals surface area (Å²) in [4.78, 5) is 26.7. The average molecular weight is 348 g/mol. The van der Waals surface area contributed by atoms with Crippen molar-refractivity contribution in [2.75, 3.05) is 23.9 Å². The van der Waals surface area contributed by atoms with Gasteiger partial charge in [-0.2, -0.15) is 0 Å². The monoisotopic (exact) mass is 348 g/mol. The van der Waals surface area contributed by atoms with Crippen molar-refractivity contribution in [2.24, 2.45) is 5.92 Å². The van der Waals surface area contributed by atoms with Gasteiger partial charge < -0.3 is 15.0 Å². The highest BCUT2D eigenvalue weighted by atomic mass is 16.5. The fraction of sp³-hybridized carbons (Fsp3) is 0.238. The third-order valence-electron chi connectivity index (χ3n) is 4.42. The minimum atomic E-state index is -0.429. The highest BCUT2D eigenvalue weighted by Crippen LogP contribution is 2.34. The van der Waals surface area contributed by atoms with E-state index in [2.05, 4.69) is 11.2 Å². The van der Waals surface area contributed by atoms with Crippen LogP contribution in [0.1, 0.15) is 17.5 Å². The Morgan fingerprint density at radius 3 is 2.85 bits per heavy atom. The molecule has 1 heterocycles. The fourth-order valence-electron chi connectivity index (χ4n) is 3.06. The molecule has 1 N–H and O–H groups in total. The Morgan fingerprint density at radius 2 is 2.12 bits per heavy atom. The summed E-state index contributed by atoms with van der Waals surface area (Å²) in [5.74, 6) is 2.44. The molecule has 0 aliphatic carbocycles. The third kappa shape index (κ3) is 3.55. The molecule has 1 fully saturated rings. The molecule has 1 aliphatic rings. The molecule has 0 bridgehead atoms. The zero-order valence-electron chi connectivity index (χ0n) is 14.8. The van der Waals surface area contributed by atoms with Crippen LogP contribution in [0.4, 0.5) is 11.4 Å². The molecule has 5 heteroatoms. The number of methoxy groups -OCH3 is 1. The van der Waals surface area contributed by atoms with E-state index in [0.29, 0.717) is 29.2 Å². The van der Waals surface area contributed by atoms with E-state index in [9.17, 15) is 9.59 Å². The molecular weight excluding hydrogens is 328 g/mol. The van der Waals surface area contributed by atoms with E-state index >= 15 is 0 Å². The Kier molecular flexibility index (Phi) is 4.94. The van der Waals surface area contributed by atoms with Gasteiger partial charge in [0.1, 0.15) is 5.75 Å². The molecule has 0 radical (unpaired) electrons. The number of ether oxygens (including phenoxy) is 1. The van der Waals surface area contributed by atoms with Crippen molar-refractivity contribution in [3.05, 3.63) is 53.6 Å². The molecule has 2 aromatic carbocycles. The highest BCUT2D eigenvalue weighted by molar-refractivity contribution is 6.04. The lowest BCUT2D eigenvalue weighted by Gasteiger charge is -2.20. The van der Waals surface area contributed by atoms with Crippen LogP contribution >= 0.6 is 0 Å². The number of hydrogen-bond donors (Lipinski definition) is 1. The van der Waals surface area contributed by atoms with Gasteiger partial charge in [0.15, 0.2) is 0 Å². The SMILES string of the molecule is C#Cc1cccc(NC(=O)C2CC(=O)N(c3cc(C)ccc3OC)C2)c1. The van der Waals surface area contributed by atoms with Crippen LogP contribution in [0.3, 0.4) is 0 Å². The first-order chi connectivity index (χ1) is 12.5. The number of rotatable bonds is 4. The van der Waals surface area contributed by atoms with Gasteiger partial charge in [-0.25, -0.2) is 0 Å². The third-order valence-corrected chi connectivity index (χ3v) is 4.42. The lowest BCUT2D eigenvalue weighted by molar-refractivity contribution is -0.122. The summed E-state index contributed by atoms with van der Waals surface area (Å²) in [5, 5.41) is 2.85. The van der Waals surface area contributed by atoms with Crippen molar-refractivity contribution in [1.82, 2.24) is 0 Å². The molecular formula is C21H20N2O3. The second-order valence-electron chi connectivity index (χ2n) is 6.30. The van der Waals surface area contributed by atoms with Gasteiger partial charge in [0.05, 0.1) is 18.7 Å². The Hall–Kier alpha value is -3.26. The number of aryl methyl sites for hydroxylation is 1. The van der Waals surface area contributed by atoms with Gasteiger partial charge in [-0.1, -0.05) is 18.1 Å². The van der Waals surface area contributed by atoms with Crippen molar-refractivity contribution in [1.29, 1.82) is 0 Å². The molecule has 0 spiro atoms. The highest BCUT2D eigenvalue weighted by Gasteiger charge is 2.36. The number of hydrogen-bond acceptors (Lipinski definition) is 3. The van der Waals surface area contributed by atoms with Gasteiger partial charge in [-0.15, -0.1) is 6.42 Å². The van der Waals surface area contributed by atoms with E-state index in [4.69, 9.17) is 11.2 Å². The van der Waals surface area contributed by atoms with Gasteiger partial charge >= 0.3 is 0 Å². The number of amides is 2. The lowest BCUT2D eigenvalue weighted by atomic mass is 10.1. The van der Waals surface area contributed by atoms with Crippen LogP contribution in [0.2, 0.25) is 0 Å². The van der Waals surface area contributed by atoms with E-state index in [1.807, 2.05) is 25.1 Å². The number of nitrogens with one attached hydrogen (secondary N) is 1. The number of terminal acetylenes is 1. The Balaban J connectivity index is 1.76. The molecule has 1 atom stereocenters. The molecule has 0 aromatic heterocycles. The van der Waals surface area contributed by atoms with E-state index < -0.39 is 5.92 Å². The minimum absolute atomic E-state index is 0.0913. The summed E-state index contributed by atoms with van der Waals surface area (Å²) < 4.78 is 5.36. The normalized spacial score (nSPS) is 16.3.